The van der Waals surface area contributed by atoms with E-state index < -0.39 is 0 Å². The molecule has 60 valence electrons. The monoisotopic (exact) mass is 205 g/mol. The van der Waals surface area contributed by atoms with Crippen molar-refractivity contribution in [3.8, 4) is 0 Å². The van der Waals surface area contributed by atoms with E-state index in [1.165, 1.54) is 5.71 Å². The van der Waals surface area contributed by atoms with E-state index in [0.29, 0.717) is 10.9 Å². The molecule has 2 heteroatoms. The molecule has 1 nitrogen and oxygen atoms in total. The van der Waals surface area contributed by atoms with Gasteiger partial charge in [0.25, 0.3) is 0 Å². The van der Waals surface area contributed by atoms with E-state index in [9.17, 15) is 0 Å². The van der Waals surface area contributed by atoms with Crippen LogP contribution in [-0.4, -0.2) is 16.6 Å². The van der Waals surface area contributed by atoms with Crippen LogP contribution in [0.4, 0.5) is 0 Å². The van der Waals surface area contributed by atoms with Crippen molar-refractivity contribution in [2.45, 2.75) is 45.0 Å². The van der Waals surface area contributed by atoms with Gasteiger partial charge in [-0.2, -0.15) is 0 Å². The summed E-state index contributed by atoms with van der Waals surface area (Å²) in [5.41, 5.74) is 1.26. The highest BCUT2D eigenvalue weighted by molar-refractivity contribution is 9.10. The zero-order valence-electron chi connectivity index (χ0n) is 7.19. The van der Waals surface area contributed by atoms with Crippen LogP contribution in [0.25, 0.3) is 0 Å². The van der Waals surface area contributed by atoms with Crippen LogP contribution in [0, 0.1) is 0 Å². The van der Waals surface area contributed by atoms with Crippen molar-refractivity contribution in [1.29, 1.82) is 0 Å². The van der Waals surface area contributed by atoms with Gasteiger partial charge in [0.2, 0.25) is 0 Å². The van der Waals surface area contributed by atoms with Crippen LogP contribution in [0.15, 0.2) is 4.99 Å². The maximum atomic E-state index is 4.46. The van der Waals surface area contributed by atoms with Gasteiger partial charge in [-0.1, -0.05) is 22.9 Å². The molecule has 10 heavy (non-hydrogen) atoms. The maximum Gasteiger partial charge on any atom is 0.0496 e. The van der Waals surface area contributed by atoms with Crippen molar-refractivity contribution in [3.05, 3.63) is 0 Å². The molecule has 0 aromatic rings. The first-order valence-electron chi connectivity index (χ1n) is 3.78. The fraction of sp³-hybridized carbons (Fsp3) is 0.875. The van der Waals surface area contributed by atoms with E-state index in [4.69, 9.17) is 0 Å². The van der Waals surface area contributed by atoms with Gasteiger partial charge in [0.15, 0.2) is 0 Å². The molecule has 0 amide bonds. The van der Waals surface area contributed by atoms with E-state index in [-0.39, 0.29) is 0 Å². The van der Waals surface area contributed by atoms with Gasteiger partial charge in [0.1, 0.15) is 0 Å². The van der Waals surface area contributed by atoms with Gasteiger partial charge in [-0.05, 0) is 27.2 Å². The predicted octanol–water partition coefficient (Wildman–Crippen LogP) is 3.03. The Hall–Kier alpha value is 0.150. The van der Waals surface area contributed by atoms with E-state index in [2.05, 4.69) is 48.6 Å². The first kappa shape index (κ1) is 10.2. The van der Waals surface area contributed by atoms with E-state index >= 15 is 0 Å². The van der Waals surface area contributed by atoms with Crippen LogP contribution in [0.5, 0.6) is 0 Å². The van der Waals surface area contributed by atoms with E-state index in [1.807, 2.05) is 0 Å². The van der Waals surface area contributed by atoms with Crippen molar-refractivity contribution >= 4 is 21.6 Å². The molecule has 0 radical (unpaired) electrons. The molecule has 0 N–H and O–H groups in total. The number of hydrogen-bond donors (Lipinski definition) is 0. The van der Waals surface area contributed by atoms with Crippen molar-refractivity contribution in [3.63, 3.8) is 0 Å². The van der Waals surface area contributed by atoms with Crippen molar-refractivity contribution in [1.82, 2.24) is 0 Å². The molecule has 1 atom stereocenters. The van der Waals surface area contributed by atoms with Gasteiger partial charge in [-0.15, -0.1) is 0 Å². The van der Waals surface area contributed by atoms with Gasteiger partial charge < -0.3 is 0 Å². The summed E-state index contributed by atoms with van der Waals surface area (Å²) in [6.07, 6.45) is 1.05. The SMILES string of the molecule is CCC(=NC(C)C)C(C)Br. The average Bonchev–Trinajstić information content (AvgIpc) is 1.81. The third kappa shape index (κ3) is 4.04. The van der Waals surface area contributed by atoms with E-state index in [1.54, 1.807) is 0 Å². The first-order valence-corrected chi connectivity index (χ1v) is 4.70. The highest BCUT2D eigenvalue weighted by Gasteiger charge is 2.03. The Balaban J connectivity index is 4.04. The molecule has 0 aliphatic heterocycles. The van der Waals surface area contributed by atoms with Gasteiger partial charge in [0.05, 0.1) is 0 Å². The molecule has 0 saturated heterocycles. The maximum absolute atomic E-state index is 4.46. The lowest BCUT2D eigenvalue weighted by Gasteiger charge is -2.07. The molecular weight excluding hydrogens is 190 g/mol. The Morgan fingerprint density at radius 1 is 1.40 bits per heavy atom. The van der Waals surface area contributed by atoms with Gasteiger partial charge in [-0.3, -0.25) is 4.99 Å². The molecule has 0 saturated carbocycles. The zero-order chi connectivity index (χ0) is 8.15. The number of halogens is 1. The van der Waals surface area contributed by atoms with Crippen LogP contribution >= 0.6 is 15.9 Å². The molecule has 0 aromatic carbocycles. The third-order valence-electron chi connectivity index (χ3n) is 1.25. The number of rotatable bonds is 3. The van der Waals surface area contributed by atoms with Crippen LogP contribution in [0.1, 0.15) is 34.1 Å². The molecule has 0 fully saturated rings. The minimum atomic E-state index is 0.426. The smallest absolute Gasteiger partial charge is 0.0496 e. The predicted molar refractivity (Wildman–Crippen MR) is 51.3 cm³/mol. The summed E-state index contributed by atoms with van der Waals surface area (Å²) in [5, 5.41) is 0. The summed E-state index contributed by atoms with van der Waals surface area (Å²) in [7, 11) is 0. The lowest BCUT2D eigenvalue weighted by atomic mass is 10.2. The quantitative estimate of drug-likeness (QED) is 0.497. The summed E-state index contributed by atoms with van der Waals surface area (Å²) in [4.78, 5) is 4.90. The third-order valence-corrected chi connectivity index (χ3v) is 1.77. The van der Waals surface area contributed by atoms with Gasteiger partial charge in [-0.25, -0.2) is 0 Å². The van der Waals surface area contributed by atoms with Crippen molar-refractivity contribution in [2.24, 2.45) is 4.99 Å². The summed E-state index contributed by atoms with van der Waals surface area (Å²) >= 11 is 3.50. The van der Waals surface area contributed by atoms with Crippen molar-refractivity contribution in [2.75, 3.05) is 0 Å². The molecule has 0 bridgehead atoms. The van der Waals surface area contributed by atoms with Crippen LogP contribution < -0.4 is 0 Å². The summed E-state index contributed by atoms with van der Waals surface area (Å²) in [6.45, 7) is 8.46. The summed E-state index contributed by atoms with van der Waals surface area (Å²) in [6, 6.07) is 0.426. The fourth-order valence-corrected chi connectivity index (χ4v) is 1.25. The summed E-state index contributed by atoms with van der Waals surface area (Å²) in [5.74, 6) is 0. The minimum absolute atomic E-state index is 0.426. The number of aliphatic imine (C=N–C) groups is 1. The van der Waals surface area contributed by atoms with E-state index in [0.717, 1.165) is 6.42 Å². The molecule has 0 heterocycles. The lowest BCUT2D eigenvalue weighted by molar-refractivity contribution is 0.825. The second kappa shape index (κ2) is 4.89. The Kier molecular flexibility index (Phi) is 4.96. The van der Waals surface area contributed by atoms with Gasteiger partial charge >= 0.3 is 0 Å². The lowest BCUT2D eigenvalue weighted by Crippen LogP contribution is -2.11. The Labute approximate surface area is 72.1 Å². The topological polar surface area (TPSA) is 12.4 Å². The molecule has 0 aliphatic rings. The zero-order valence-corrected chi connectivity index (χ0v) is 8.77. The summed E-state index contributed by atoms with van der Waals surface area (Å²) < 4.78 is 0. The molecule has 1 unspecified atom stereocenters. The molecule has 0 rings (SSSR count). The Bertz CT molecular complexity index is 116. The van der Waals surface area contributed by atoms with Gasteiger partial charge in [0, 0.05) is 16.6 Å². The number of hydrogen-bond acceptors (Lipinski definition) is 1. The first-order chi connectivity index (χ1) is 4.57. The molecule has 0 aliphatic carbocycles. The number of alkyl halides is 1. The highest BCUT2D eigenvalue weighted by atomic mass is 79.9. The van der Waals surface area contributed by atoms with Crippen LogP contribution in [0.3, 0.4) is 0 Å². The second-order valence-electron chi connectivity index (χ2n) is 2.68. The second-order valence-corrected chi connectivity index (χ2v) is 4.06. The Morgan fingerprint density at radius 3 is 2.00 bits per heavy atom. The Morgan fingerprint density at radius 2 is 1.90 bits per heavy atom. The fourth-order valence-electron chi connectivity index (χ4n) is 0.807. The van der Waals surface area contributed by atoms with Crippen molar-refractivity contribution < 1.29 is 0 Å². The highest BCUT2D eigenvalue weighted by Crippen LogP contribution is 2.05. The normalized spacial score (nSPS) is 16.0. The van der Waals surface area contributed by atoms with Crippen LogP contribution in [0.2, 0.25) is 0 Å². The average molecular weight is 206 g/mol. The molecule has 0 spiro atoms. The standard InChI is InChI=1S/C8H16BrN/c1-5-8(7(4)9)10-6(2)3/h6-7H,5H2,1-4H3. The molecular formula is C8H16BrN. The minimum Gasteiger partial charge on any atom is -0.290 e. The largest absolute Gasteiger partial charge is 0.290 e. The van der Waals surface area contributed by atoms with Crippen LogP contribution in [-0.2, 0) is 0 Å². The number of nitrogens with zero attached hydrogens (tertiary/aromatic N) is 1. The molecule has 0 aromatic heterocycles.